The summed E-state index contributed by atoms with van der Waals surface area (Å²) in [6, 6.07) is 7.04. The van der Waals surface area contributed by atoms with Crippen LogP contribution in [0.15, 0.2) is 24.3 Å². The summed E-state index contributed by atoms with van der Waals surface area (Å²) in [6.45, 7) is 0.163. The van der Waals surface area contributed by atoms with Crippen molar-refractivity contribution in [2.45, 2.75) is 6.61 Å². The summed E-state index contributed by atoms with van der Waals surface area (Å²) >= 11 is 5.69. The molecule has 1 rings (SSSR count). The molecule has 4 heteroatoms. The van der Waals surface area contributed by atoms with Crippen LogP contribution in [0.25, 0.3) is 0 Å². The minimum Gasteiger partial charge on any atom is -0.445 e. The second-order valence-corrected chi connectivity index (χ2v) is 2.67. The molecular formula is C8H8ClNO2. The number of rotatable bonds is 2. The van der Waals surface area contributed by atoms with E-state index >= 15 is 0 Å². The Morgan fingerprint density at radius 1 is 1.58 bits per heavy atom. The Hall–Kier alpha value is -1.22. The van der Waals surface area contributed by atoms with Gasteiger partial charge in [-0.3, -0.25) is 0 Å². The molecule has 0 bridgehead atoms. The zero-order valence-electron chi connectivity index (χ0n) is 6.29. The molecule has 3 nitrogen and oxygen atoms in total. The van der Waals surface area contributed by atoms with E-state index in [0.29, 0.717) is 5.02 Å². The molecule has 1 amide bonds. The molecular weight excluding hydrogens is 178 g/mol. The lowest BCUT2D eigenvalue weighted by Gasteiger charge is -2.00. The van der Waals surface area contributed by atoms with Gasteiger partial charge in [-0.05, 0) is 17.7 Å². The number of carbonyl (C=O) groups excluding carboxylic acids is 1. The maximum Gasteiger partial charge on any atom is 0.404 e. The highest BCUT2D eigenvalue weighted by Gasteiger charge is 1.96. The topological polar surface area (TPSA) is 52.3 Å². The number of nitrogens with two attached hydrogens (primary N) is 1. The van der Waals surface area contributed by atoms with Gasteiger partial charge in [-0.15, -0.1) is 0 Å². The van der Waals surface area contributed by atoms with Gasteiger partial charge >= 0.3 is 6.09 Å². The van der Waals surface area contributed by atoms with E-state index in [9.17, 15) is 4.79 Å². The SMILES string of the molecule is NC(=O)OCc1cccc(Cl)c1. The average molecular weight is 186 g/mol. The van der Waals surface area contributed by atoms with E-state index < -0.39 is 6.09 Å². The molecule has 0 radical (unpaired) electrons. The minimum absolute atomic E-state index is 0.163. The van der Waals surface area contributed by atoms with Crippen LogP contribution in [-0.4, -0.2) is 6.09 Å². The van der Waals surface area contributed by atoms with E-state index in [4.69, 9.17) is 17.3 Å². The largest absolute Gasteiger partial charge is 0.445 e. The van der Waals surface area contributed by atoms with Gasteiger partial charge in [-0.2, -0.15) is 0 Å². The van der Waals surface area contributed by atoms with Gasteiger partial charge < -0.3 is 10.5 Å². The Labute approximate surface area is 75.1 Å². The number of amides is 1. The number of hydrogen-bond acceptors (Lipinski definition) is 2. The molecule has 0 saturated heterocycles. The van der Waals surface area contributed by atoms with E-state index in [2.05, 4.69) is 4.74 Å². The summed E-state index contributed by atoms with van der Waals surface area (Å²) in [5, 5.41) is 0.612. The number of halogens is 1. The fourth-order valence-corrected chi connectivity index (χ4v) is 0.994. The Morgan fingerprint density at radius 3 is 2.92 bits per heavy atom. The molecule has 0 heterocycles. The fourth-order valence-electron chi connectivity index (χ4n) is 0.781. The molecule has 0 unspecified atom stereocenters. The maximum absolute atomic E-state index is 10.2. The first-order valence-corrected chi connectivity index (χ1v) is 3.73. The molecule has 0 aliphatic heterocycles. The Kier molecular flexibility index (Phi) is 2.94. The highest BCUT2D eigenvalue weighted by Crippen LogP contribution is 2.11. The molecule has 0 aromatic heterocycles. The van der Waals surface area contributed by atoms with Gasteiger partial charge in [0.2, 0.25) is 0 Å². The van der Waals surface area contributed by atoms with Crippen molar-refractivity contribution in [3.05, 3.63) is 34.9 Å². The first-order valence-electron chi connectivity index (χ1n) is 3.35. The van der Waals surface area contributed by atoms with Crippen molar-refractivity contribution in [1.29, 1.82) is 0 Å². The Morgan fingerprint density at radius 2 is 2.33 bits per heavy atom. The van der Waals surface area contributed by atoms with Gasteiger partial charge in [0.25, 0.3) is 0 Å². The first-order chi connectivity index (χ1) is 5.68. The van der Waals surface area contributed by atoms with Crippen molar-refractivity contribution >= 4 is 17.7 Å². The second kappa shape index (κ2) is 3.97. The number of ether oxygens (including phenoxy) is 1. The van der Waals surface area contributed by atoms with Gasteiger partial charge in [0.1, 0.15) is 6.61 Å². The zero-order chi connectivity index (χ0) is 8.97. The molecule has 0 atom stereocenters. The Balaban J connectivity index is 2.57. The van der Waals surface area contributed by atoms with Crippen LogP contribution in [0.3, 0.4) is 0 Å². The van der Waals surface area contributed by atoms with Crippen LogP contribution in [0.2, 0.25) is 5.02 Å². The summed E-state index contributed by atoms with van der Waals surface area (Å²) in [7, 11) is 0. The summed E-state index contributed by atoms with van der Waals surface area (Å²) in [5.41, 5.74) is 5.60. The maximum atomic E-state index is 10.2. The highest BCUT2D eigenvalue weighted by molar-refractivity contribution is 6.30. The molecule has 0 aliphatic rings. The molecule has 0 aliphatic carbocycles. The standard InChI is InChI=1S/C8H8ClNO2/c9-7-3-1-2-6(4-7)5-12-8(10)11/h1-4H,5H2,(H2,10,11). The van der Waals surface area contributed by atoms with E-state index in [-0.39, 0.29) is 6.61 Å². The van der Waals surface area contributed by atoms with Gasteiger partial charge in [0.05, 0.1) is 0 Å². The molecule has 64 valence electrons. The van der Waals surface area contributed by atoms with Crippen LogP contribution in [0, 0.1) is 0 Å². The lowest BCUT2D eigenvalue weighted by atomic mass is 10.2. The third-order valence-electron chi connectivity index (χ3n) is 1.27. The average Bonchev–Trinajstić information content (AvgIpc) is 2.01. The molecule has 1 aromatic carbocycles. The first kappa shape index (κ1) is 8.87. The monoisotopic (exact) mass is 185 g/mol. The lowest BCUT2D eigenvalue weighted by Crippen LogP contribution is -2.12. The molecule has 0 saturated carbocycles. The molecule has 1 aromatic rings. The highest BCUT2D eigenvalue weighted by atomic mass is 35.5. The van der Waals surface area contributed by atoms with E-state index in [1.807, 2.05) is 0 Å². The van der Waals surface area contributed by atoms with Crippen LogP contribution in [0.4, 0.5) is 4.79 Å². The van der Waals surface area contributed by atoms with E-state index in [0.717, 1.165) is 5.56 Å². The molecule has 0 spiro atoms. The van der Waals surface area contributed by atoms with Crippen molar-refractivity contribution in [2.24, 2.45) is 5.73 Å². The van der Waals surface area contributed by atoms with Crippen LogP contribution in [-0.2, 0) is 11.3 Å². The third-order valence-corrected chi connectivity index (χ3v) is 1.51. The van der Waals surface area contributed by atoms with Crippen LogP contribution in [0.1, 0.15) is 5.56 Å². The number of hydrogen-bond donors (Lipinski definition) is 1. The molecule has 12 heavy (non-hydrogen) atoms. The second-order valence-electron chi connectivity index (χ2n) is 2.24. The quantitative estimate of drug-likeness (QED) is 0.766. The van der Waals surface area contributed by atoms with Crippen LogP contribution < -0.4 is 5.73 Å². The van der Waals surface area contributed by atoms with Crippen LogP contribution in [0.5, 0.6) is 0 Å². The van der Waals surface area contributed by atoms with Crippen molar-refractivity contribution < 1.29 is 9.53 Å². The van der Waals surface area contributed by atoms with Gasteiger partial charge in [0.15, 0.2) is 0 Å². The third kappa shape index (κ3) is 2.80. The Bertz CT molecular complexity index is 288. The number of benzene rings is 1. The predicted molar refractivity (Wildman–Crippen MR) is 45.8 cm³/mol. The number of primary amides is 1. The molecule has 2 N–H and O–H groups in total. The fraction of sp³-hybridized carbons (Fsp3) is 0.125. The van der Waals surface area contributed by atoms with Crippen LogP contribution >= 0.6 is 11.6 Å². The number of carbonyl (C=O) groups is 1. The van der Waals surface area contributed by atoms with E-state index in [1.165, 1.54) is 0 Å². The summed E-state index contributed by atoms with van der Waals surface area (Å²) in [6.07, 6.45) is -0.782. The molecule has 0 fully saturated rings. The van der Waals surface area contributed by atoms with Crippen molar-refractivity contribution in [2.75, 3.05) is 0 Å². The summed E-state index contributed by atoms with van der Waals surface area (Å²) in [5.74, 6) is 0. The zero-order valence-corrected chi connectivity index (χ0v) is 7.04. The summed E-state index contributed by atoms with van der Waals surface area (Å²) in [4.78, 5) is 10.2. The lowest BCUT2D eigenvalue weighted by molar-refractivity contribution is 0.150. The smallest absolute Gasteiger partial charge is 0.404 e. The van der Waals surface area contributed by atoms with Crippen molar-refractivity contribution in [1.82, 2.24) is 0 Å². The normalized spacial score (nSPS) is 9.42. The van der Waals surface area contributed by atoms with Gasteiger partial charge in [0, 0.05) is 5.02 Å². The van der Waals surface area contributed by atoms with Crippen molar-refractivity contribution in [3.63, 3.8) is 0 Å². The summed E-state index contributed by atoms with van der Waals surface area (Å²) < 4.78 is 4.56. The minimum atomic E-state index is -0.782. The van der Waals surface area contributed by atoms with Gasteiger partial charge in [-0.25, -0.2) is 4.79 Å². The predicted octanol–water partition coefficient (Wildman–Crippen LogP) is 1.94. The van der Waals surface area contributed by atoms with Crippen molar-refractivity contribution in [3.8, 4) is 0 Å². The van der Waals surface area contributed by atoms with Gasteiger partial charge in [-0.1, -0.05) is 23.7 Å². The van der Waals surface area contributed by atoms with E-state index in [1.54, 1.807) is 24.3 Å².